The van der Waals surface area contributed by atoms with Crippen molar-refractivity contribution in [1.82, 2.24) is 15.5 Å². The Hall–Kier alpha value is -1.79. The van der Waals surface area contributed by atoms with Gasteiger partial charge >= 0.3 is 12.0 Å². The standard InChI is InChI=1S/C18H31N3O4/c1-13-9-10-14(17(23)24)12-21(13)16(22)8-5-11-19-18(25)20-15-6-3-2-4-7-15/h13-15H,2-12H2,1H3,(H,23,24)(H2,19,20,25). The third-order valence-electron chi connectivity index (χ3n) is 5.34. The topological polar surface area (TPSA) is 98.7 Å². The van der Waals surface area contributed by atoms with Crippen molar-refractivity contribution in [3.05, 3.63) is 0 Å². The smallest absolute Gasteiger partial charge is 0.315 e. The predicted octanol–water partition coefficient (Wildman–Crippen LogP) is 2.11. The summed E-state index contributed by atoms with van der Waals surface area (Å²) in [5.74, 6) is -1.31. The molecule has 0 aromatic rings. The Morgan fingerprint density at radius 3 is 2.48 bits per heavy atom. The highest BCUT2D eigenvalue weighted by atomic mass is 16.4. The van der Waals surface area contributed by atoms with E-state index in [1.165, 1.54) is 19.3 Å². The van der Waals surface area contributed by atoms with Gasteiger partial charge in [0.2, 0.25) is 5.91 Å². The fraction of sp³-hybridized carbons (Fsp3) is 0.833. The first-order chi connectivity index (χ1) is 12.0. The molecule has 1 aliphatic carbocycles. The van der Waals surface area contributed by atoms with Gasteiger partial charge in [-0.15, -0.1) is 0 Å². The molecular formula is C18H31N3O4. The number of carboxylic acid groups (broad SMARTS) is 1. The number of carbonyl (C=O) groups excluding carboxylic acids is 2. The van der Waals surface area contributed by atoms with Crippen LogP contribution in [0.25, 0.3) is 0 Å². The van der Waals surface area contributed by atoms with Crippen molar-refractivity contribution in [3.63, 3.8) is 0 Å². The average molecular weight is 353 g/mol. The van der Waals surface area contributed by atoms with E-state index in [9.17, 15) is 14.4 Å². The van der Waals surface area contributed by atoms with Crippen LogP contribution < -0.4 is 10.6 Å². The fourth-order valence-corrected chi connectivity index (χ4v) is 3.72. The molecule has 0 spiro atoms. The van der Waals surface area contributed by atoms with Gasteiger partial charge in [-0.05, 0) is 39.0 Å². The first kappa shape index (κ1) is 19.5. The third-order valence-corrected chi connectivity index (χ3v) is 5.34. The van der Waals surface area contributed by atoms with E-state index in [2.05, 4.69) is 10.6 Å². The second kappa shape index (κ2) is 9.63. The average Bonchev–Trinajstić information content (AvgIpc) is 2.59. The monoisotopic (exact) mass is 353 g/mol. The van der Waals surface area contributed by atoms with E-state index >= 15 is 0 Å². The summed E-state index contributed by atoms with van der Waals surface area (Å²) in [5.41, 5.74) is 0. The summed E-state index contributed by atoms with van der Waals surface area (Å²) in [6.45, 7) is 2.71. The molecule has 2 unspecified atom stereocenters. The summed E-state index contributed by atoms with van der Waals surface area (Å²) >= 11 is 0. The van der Waals surface area contributed by atoms with E-state index in [1.807, 2.05) is 6.92 Å². The highest BCUT2D eigenvalue weighted by Gasteiger charge is 2.32. The third kappa shape index (κ3) is 6.21. The lowest BCUT2D eigenvalue weighted by atomic mass is 9.93. The first-order valence-electron chi connectivity index (χ1n) is 9.54. The normalized spacial score (nSPS) is 24.6. The largest absolute Gasteiger partial charge is 0.481 e. The Kier molecular flexibility index (Phi) is 7.52. The molecule has 2 aliphatic rings. The number of hydrogen-bond donors (Lipinski definition) is 3. The number of carboxylic acids is 1. The van der Waals surface area contributed by atoms with Gasteiger partial charge in [0, 0.05) is 31.6 Å². The Morgan fingerprint density at radius 1 is 1.08 bits per heavy atom. The zero-order valence-electron chi connectivity index (χ0n) is 15.1. The van der Waals surface area contributed by atoms with E-state index in [0.29, 0.717) is 32.4 Å². The molecule has 3 amide bonds. The van der Waals surface area contributed by atoms with Gasteiger partial charge < -0.3 is 20.6 Å². The van der Waals surface area contributed by atoms with E-state index in [-0.39, 0.29) is 24.0 Å². The second-order valence-corrected chi connectivity index (χ2v) is 7.35. The van der Waals surface area contributed by atoms with Crippen LogP contribution >= 0.6 is 0 Å². The van der Waals surface area contributed by atoms with Gasteiger partial charge in [0.05, 0.1) is 5.92 Å². The fourth-order valence-electron chi connectivity index (χ4n) is 3.72. The van der Waals surface area contributed by atoms with Gasteiger partial charge in [-0.2, -0.15) is 0 Å². The van der Waals surface area contributed by atoms with Gasteiger partial charge in [-0.25, -0.2) is 4.79 Å². The van der Waals surface area contributed by atoms with Crippen LogP contribution in [0.3, 0.4) is 0 Å². The van der Waals surface area contributed by atoms with Crippen molar-refractivity contribution in [2.75, 3.05) is 13.1 Å². The number of hydrogen-bond acceptors (Lipinski definition) is 3. The Morgan fingerprint density at radius 2 is 1.80 bits per heavy atom. The minimum Gasteiger partial charge on any atom is -0.481 e. The summed E-state index contributed by atoms with van der Waals surface area (Å²) < 4.78 is 0. The molecule has 7 heteroatoms. The lowest BCUT2D eigenvalue weighted by molar-refractivity contribution is -0.147. The van der Waals surface area contributed by atoms with Gasteiger partial charge in [0.1, 0.15) is 0 Å². The minimum atomic E-state index is -0.828. The molecule has 0 bridgehead atoms. The molecule has 2 fully saturated rings. The van der Waals surface area contributed by atoms with Crippen LogP contribution in [0.2, 0.25) is 0 Å². The number of nitrogens with zero attached hydrogens (tertiary/aromatic N) is 1. The molecule has 2 atom stereocenters. The van der Waals surface area contributed by atoms with Gasteiger partial charge in [-0.3, -0.25) is 9.59 Å². The molecule has 0 aromatic heterocycles. The van der Waals surface area contributed by atoms with E-state index in [1.54, 1.807) is 4.90 Å². The zero-order valence-corrected chi connectivity index (χ0v) is 15.1. The van der Waals surface area contributed by atoms with Crippen molar-refractivity contribution in [3.8, 4) is 0 Å². The van der Waals surface area contributed by atoms with Crippen LogP contribution in [-0.2, 0) is 9.59 Å². The molecule has 1 saturated heterocycles. The number of carbonyl (C=O) groups is 3. The second-order valence-electron chi connectivity index (χ2n) is 7.35. The quantitative estimate of drug-likeness (QED) is 0.637. The van der Waals surface area contributed by atoms with Gasteiger partial charge in [0.15, 0.2) is 0 Å². The predicted molar refractivity (Wildman–Crippen MR) is 94.2 cm³/mol. The Balaban J connectivity index is 1.64. The van der Waals surface area contributed by atoms with E-state index < -0.39 is 11.9 Å². The van der Waals surface area contributed by atoms with Crippen molar-refractivity contribution in [2.45, 2.75) is 76.8 Å². The number of nitrogens with one attached hydrogen (secondary N) is 2. The van der Waals surface area contributed by atoms with Gasteiger partial charge in [-0.1, -0.05) is 19.3 Å². The van der Waals surface area contributed by atoms with E-state index in [4.69, 9.17) is 5.11 Å². The Bertz CT molecular complexity index is 477. The maximum Gasteiger partial charge on any atom is 0.315 e. The molecule has 7 nitrogen and oxygen atoms in total. The van der Waals surface area contributed by atoms with Crippen molar-refractivity contribution in [1.29, 1.82) is 0 Å². The number of amides is 3. The first-order valence-corrected chi connectivity index (χ1v) is 9.54. The molecule has 0 aromatic carbocycles. The molecule has 0 radical (unpaired) electrons. The number of piperidine rings is 1. The van der Waals surface area contributed by atoms with Crippen LogP contribution in [0.15, 0.2) is 0 Å². The van der Waals surface area contributed by atoms with Crippen LogP contribution in [0.1, 0.15) is 64.7 Å². The maximum atomic E-state index is 12.3. The molecule has 142 valence electrons. The Labute approximate surface area is 149 Å². The summed E-state index contributed by atoms with van der Waals surface area (Å²) in [6.07, 6.45) is 7.94. The lowest BCUT2D eigenvalue weighted by Crippen LogP contribution is -2.47. The van der Waals surface area contributed by atoms with Crippen LogP contribution in [0.5, 0.6) is 0 Å². The van der Waals surface area contributed by atoms with Crippen LogP contribution in [0, 0.1) is 5.92 Å². The SMILES string of the molecule is CC1CCC(C(=O)O)CN1C(=O)CCCNC(=O)NC1CCCCC1. The number of likely N-dealkylation sites (tertiary alicyclic amines) is 1. The molecule has 1 saturated carbocycles. The summed E-state index contributed by atoms with van der Waals surface area (Å²) in [6, 6.07) is 0.208. The summed E-state index contributed by atoms with van der Waals surface area (Å²) in [7, 11) is 0. The number of rotatable bonds is 6. The molecule has 25 heavy (non-hydrogen) atoms. The van der Waals surface area contributed by atoms with Gasteiger partial charge in [0.25, 0.3) is 0 Å². The maximum absolute atomic E-state index is 12.3. The molecule has 1 heterocycles. The van der Waals surface area contributed by atoms with Crippen LogP contribution in [0.4, 0.5) is 4.79 Å². The van der Waals surface area contributed by atoms with E-state index in [0.717, 1.165) is 19.3 Å². The lowest BCUT2D eigenvalue weighted by Gasteiger charge is -2.36. The van der Waals surface area contributed by atoms with Crippen molar-refractivity contribution in [2.24, 2.45) is 5.92 Å². The molecule has 1 aliphatic heterocycles. The van der Waals surface area contributed by atoms with Crippen LogP contribution in [-0.4, -0.2) is 53.1 Å². The zero-order chi connectivity index (χ0) is 18.2. The molecular weight excluding hydrogens is 322 g/mol. The number of urea groups is 1. The summed E-state index contributed by atoms with van der Waals surface area (Å²) in [5, 5.41) is 14.9. The minimum absolute atomic E-state index is 0.0204. The molecule has 3 N–H and O–H groups in total. The highest BCUT2D eigenvalue weighted by molar-refractivity contribution is 5.78. The van der Waals surface area contributed by atoms with Crippen molar-refractivity contribution >= 4 is 17.9 Å². The highest BCUT2D eigenvalue weighted by Crippen LogP contribution is 2.23. The summed E-state index contributed by atoms with van der Waals surface area (Å²) in [4.78, 5) is 37.0. The number of aliphatic carboxylic acids is 1. The molecule has 2 rings (SSSR count). The van der Waals surface area contributed by atoms with Crippen molar-refractivity contribution < 1.29 is 19.5 Å².